The molecule has 3 aromatic rings. The number of nitrogens with one attached hydrogen (secondary N) is 2. The van der Waals surface area contributed by atoms with Crippen LogP contribution >= 0.6 is 0 Å². The van der Waals surface area contributed by atoms with Gasteiger partial charge < -0.3 is 14.8 Å². The molecule has 2 N–H and O–H groups in total. The van der Waals surface area contributed by atoms with E-state index in [9.17, 15) is 0 Å². The zero-order valence-corrected chi connectivity index (χ0v) is 10.4. The number of nitrogens with zero attached hydrogens (tertiary/aromatic N) is 2. The monoisotopic (exact) mass is 254 g/mol. The van der Waals surface area contributed by atoms with Gasteiger partial charge in [0.25, 0.3) is 0 Å². The minimum atomic E-state index is 0.220. The summed E-state index contributed by atoms with van der Waals surface area (Å²) < 4.78 is 5.37. The van der Waals surface area contributed by atoms with Gasteiger partial charge in [0, 0.05) is 22.7 Å². The van der Waals surface area contributed by atoms with E-state index in [-0.39, 0.29) is 6.04 Å². The predicted octanol–water partition coefficient (Wildman–Crippen LogP) is 2.64. The Morgan fingerprint density at radius 3 is 3.16 bits per heavy atom. The summed E-state index contributed by atoms with van der Waals surface area (Å²) in [6.45, 7) is 1.03. The van der Waals surface area contributed by atoms with Crippen LogP contribution in [0.2, 0.25) is 0 Å². The van der Waals surface area contributed by atoms with Crippen LogP contribution in [0.3, 0.4) is 0 Å². The number of rotatable bonds is 2. The molecular weight excluding hydrogens is 240 g/mol. The summed E-state index contributed by atoms with van der Waals surface area (Å²) in [6.07, 6.45) is 4.16. The number of hydrogen-bond acceptors (Lipinski definition) is 4. The lowest BCUT2D eigenvalue weighted by atomic mass is 10.1. The highest BCUT2D eigenvalue weighted by atomic mass is 16.5. The molecule has 0 spiro atoms. The second kappa shape index (κ2) is 4.20. The number of H-pyrrole nitrogens is 1. The molecule has 1 aromatic carbocycles. The molecule has 0 aliphatic carbocycles. The fraction of sp³-hybridized carbons (Fsp3) is 0.286. The topological polar surface area (TPSA) is 66.7 Å². The highest BCUT2D eigenvalue weighted by Gasteiger charge is 2.22. The van der Waals surface area contributed by atoms with Gasteiger partial charge >= 0.3 is 0 Å². The number of hydrogen-bond donors (Lipinski definition) is 2. The summed E-state index contributed by atoms with van der Waals surface area (Å²) in [5.41, 5.74) is 2.10. The minimum absolute atomic E-state index is 0.220. The van der Waals surface area contributed by atoms with E-state index in [1.165, 1.54) is 0 Å². The third-order valence-corrected chi connectivity index (χ3v) is 3.61. The summed E-state index contributed by atoms with van der Waals surface area (Å²) in [4.78, 5) is 7.68. The standard InChI is InChI=1S/C14H14N4O/c1-2-12(15-6-1)14-17-13(18-19-14)10-3-4-11-9(8-10)5-7-16-11/h3-5,7-8,12,15-16H,1-2,6H2/t12-/m0/s1. The highest BCUT2D eigenvalue weighted by molar-refractivity contribution is 5.83. The molecule has 1 aliphatic heterocycles. The van der Waals surface area contributed by atoms with Crippen molar-refractivity contribution in [2.75, 3.05) is 6.54 Å². The van der Waals surface area contributed by atoms with Gasteiger partial charge in [-0.2, -0.15) is 4.98 Å². The average Bonchev–Trinajstić information content (AvgIpc) is 3.18. The van der Waals surface area contributed by atoms with Gasteiger partial charge in [-0.3, -0.25) is 0 Å². The zero-order valence-electron chi connectivity index (χ0n) is 10.4. The fourth-order valence-electron chi connectivity index (χ4n) is 2.58. The molecule has 1 saturated heterocycles. The maximum atomic E-state index is 5.37. The normalized spacial score (nSPS) is 19.3. The lowest BCUT2D eigenvalue weighted by molar-refractivity contribution is 0.345. The molecule has 4 rings (SSSR count). The van der Waals surface area contributed by atoms with Crippen molar-refractivity contribution in [3.8, 4) is 11.4 Å². The first-order valence-electron chi connectivity index (χ1n) is 6.55. The average molecular weight is 254 g/mol. The summed E-state index contributed by atoms with van der Waals surface area (Å²) >= 11 is 0. The Bertz CT molecular complexity index is 709. The van der Waals surface area contributed by atoms with Gasteiger partial charge in [-0.1, -0.05) is 5.16 Å². The Balaban J connectivity index is 1.70. The third-order valence-electron chi connectivity index (χ3n) is 3.61. The summed E-state index contributed by atoms with van der Waals surface area (Å²) in [7, 11) is 0. The Morgan fingerprint density at radius 2 is 2.26 bits per heavy atom. The lowest BCUT2D eigenvalue weighted by Gasteiger charge is -2.01. The molecule has 5 nitrogen and oxygen atoms in total. The van der Waals surface area contributed by atoms with E-state index in [1.54, 1.807) is 0 Å². The molecule has 2 aromatic heterocycles. The van der Waals surface area contributed by atoms with Crippen molar-refractivity contribution < 1.29 is 4.52 Å². The van der Waals surface area contributed by atoms with E-state index >= 15 is 0 Å². The minimum Gasteiger partial charge on any atom is -0.361 e. The summed E-state index contributed by atoms with van der Waals surface area (Å²) in [5, 5.41) is 8.60. The van der Waals surface area contributed by atoms with E-state index in [4.69, 9.17) is 4.52 Å². The van der Waals surface area contributed by atoms with Crippen molar-refractivity contribution in [3.05, 3.63) is 36.4 Å². The van der Waals surface area contributed by atoms with Gasteiger partial charge in [0.2, 0.25) is 11.7 Å². The molecule has 5 heteroatoms. The van der Waals surface area contributed by atoms with Gasteiger partial charge in [0.15, 0.2) is 0 Å². The van der Waals surface area contributed by atoms with E-state index in [2.05, 4.69) is 26.5 Å². The number of benzene rings is 1. The van der Waals surface area contributed by atoms with Crippen molar-refractivity contribution in [2.45, 2.75) is 18.9 Å². The molecule has 1 aliphatic rings. The Labute approximate surface area is 110 Å². The van der Waals surface area contributed by atoms with Gasteiger partial charge in [0.05, 0.1) is 6.04 Å². The van der Waals surface area contributed by atoms with Crippen molar-refractivity contribution in [1.82, 2.24) is 20.4 Å². The maximum absolute atomic E-state index is 5.37. The van der Waals surface area contributed by atoms with Crippen LogP contribution in [-0.2, 0) is 0 Å². The first-order chi connectivity index (χ1) is 9.40. The fourth-order valence-corrected chi connectivity index (χ4v) is 2.58. The van der Waals surface area contributed by atoms with E-state index < -0.39 is 0 Å². The van der Waals surface area contributed by atoms with Gasteiger partial charge in [-0.05, 0) is 43.7 Å². The van der Waals surface area contributed by atoms with Crippen LogP contribution in [0.25, 0.3) is 22.3 Å². The SMILES string of the molecule is c1cc2cc(-c3noc([C@@H]4CCCN4)n3)ccc2[nH]1. The van der Waals surface area contributed by atoms with Crippen molar-refractivity contribution >= 4 is 10.9 Å². The molecule has 0 radical (unpaired) electrons. The number of aromatic nitrogens is 3. The number of fused-ring (bicyclic) bond motifs is 1. The van der Waals surface area contributed by atoms with E-state index in [0.29, 0.717) is 11.7 Å². The molecule has 1 atom stereocenters. The first kappa shape index (κ1) is 10.8. The first-order valence-corrected chi connectivity index (χ1v) is 6.55. The van der Waals surface area contributed by atoms with Crippen molar-refractivity contribution in [1.29, 1.82) is 0 Å². The van der Waals surface area contributed by atoms with Crippen LogP contribution in [0, 0.1) is 0 Å². The molecular formula is C14H14N4O. The van der Waals surface area contributed by atoms with Crippen LogP contribution < -0.4 is 5.32 Å². The Morgan fingerprint density at radius 1 is 1.26 bits per heavy atom. The number of aromatic amines is 1. The molecule has 96 valence electrons. The second-order valence-corrected chi connectivity index (χ2v) is 4.88. The molecule has 0 saturated carbocycles. The van der Waals surface area contributed by atoms with Crippen molar-refractivity contribution in [2.24, 2.45) is 0 Å². The van der Waals surface area contributed by atoms with Crippen LogP contribution in [0.4, 0.5) is 0 Å². The second-order valence-electron chi connectivity index (χ2n) is 4.88. The molecule has 0 unspecified atom stereocenters. The van der Waals surface area contributed by atoms with Crippen LogP contribution in [0.5, 0.6) is 0 Å². The van der Waals surface area contributed by atoms with Crippen LogP contribution in [-0.4, -0.2) is 21.7 Å². The Kier molecular flexibility index (Phi) is 2.38. The third kappa shape index (κ3) is 1.82. The highest BCUT2D eigenvalue weighted by Crippen LogP contribution is 2.25. The van der Waals surface area contributed by atoms with Gasteiger partial charge in [-0.15, -0.1) is 0 Å². The largest absolute Gasteiger partial charge is 0.361 e. The molecule has 3 heterocycles. The summed E-state index contributed by atoms with van der Waals surface area (Å²) in [5.74, 6) is 1.36. The predicted molar refractivity (Wildman–Crippen MR) is 71.6 cm³/mol. The quantitative estimate of drug-likeness (QED) is 0.737. The lowest BCUT2D eigenvalue weighted by Crippen LogP contribution is -2.12. The maximum Gasteiger partial charge on any atom is 0.244 e. The van der Waals surface area contributed by atoms with Crippen LogP contribution in [0.1, 0.15) is 24.8 Å². The zero-order chi connectivity index (χ0) is 12.7. The van der Waals surface area contributed by atoms with Crippen molar-refractivity contribution in [3.63, 3.8) is 0 Å². The van der Waals surface area contributed by atoms with E-state index in [0.717, 1.165) is 35.9 Å². The van der Waals surface area contributed by atoms with E-state index in [1.807, 2.05) is 24.4 Å². The molecule has 0 amide bonds. The van der Waals surface area contributed by atoms with Gasteiger partial charge in [-0.25, -0.2) is 0 Å². The molecule has 0 bridgehead atoms. The smallest absolute Gasteiger partial charge is 0.244 e. The Hall–Kier alpha value is -2.14. The summed E-state index contributed by atoms with van der Waals surface area (Å²) in [6, 6.07) is 8.38. The molecule has 19 heavy (non-hydrogen) atoms. The van der Waals surface area contributed by atoms with Gasteiger partial charge in [0.1, 0.15) is 0 Å². The van der Waals surface area contributed by atoms with Crippen LogP contribution in [0.15, 0.2) is 35.0 Å². The molecule has 1 fully saturated rings.